The first-order valence-corrected chi connectivity index (χ1v) is 8.30. The minimum atomic E-state index is 0.236. The average Bonchev–Trinajstić information content (AvgIpc) is 3.24. The average molecular weight is 362 g/mol. The van der Waals surface area contributed by atoms with Gasteiger partial charge in [-0.2, -0.15) is 0 Å². The lowest BCUT2D eigenvalue weighted by atomic mass is 10.0. The van der Waals surface area contributed by atoms with E-state index in [4.69, 9.17) is 16.7 Å². The van der Waals surface area contributed by atoms with E-state index in [0.29, 0.717) is 6.04 Å². The molecular weight excluding hydrogens is 340 g/mol. The first-order chi connectivity index (χ1) is 9.65. The number of hydrogen-bond donors (Lipinski definition) is 2. The van der Waals surface area contributed by atoms with Crippen molar-refractivity contribution in [2.75, 3.05) is 26.7 Å². The van der Waals surface area contributed by atoms with E-state index in [1.165, 1.54) is 12.8 Å². The van der Waals surface area contributed by atoms with E-state index in [1.807, 2.05) is 19.2 Å². The summed E-state index contributed by atoms with van der Waals surface area (Å²) in [6.45, 7) is 2.00. The molecule has 0 aliphatic heterocycles. The smallest absolute Gasteiger partial charge is 0.0558 e. The summed E-state index contributed by atoms with van der Waals surface area (Å²) in [5.41, 5.74) is 1.14. The molecule has 0 heterocycles. The van der Waals surface area contributed by atoms with Gasteiger partial charge in [0.25, 0.3) is 0 Å². The second kappa shape index (κ2) is 7.76. The molecular formula is C15H22BrClN2O. The van der Waals surface area contributed by atoms with Gasteiger partial charge in [-0.05, 0) is 44.0 Å². The highest BCUT2D eigenvalue weighted by atomic mass is 79.9. The number of aliphatic hydroxyl groups excluding tert-OH is 1. The van der Waals surface area contributed by atoms with Gasteiger partial charge in [-0.15, -0.1) is 0 Å². The first-order valence-electron chi connectivity index (χ1n) is 7.12. The molecule has 1 fully saturated rings. The molecule has 2 N–H and O–H groups in total. The lowest BCUT2D eigenvalue weighted by molar-refractivity contribution is 0.183. The maximum Gasteiger partial charge on any atom is 0.0558 e. The number of aliphatic hydroxyl groups is 1. The minimum absolute atomic E-state index is 0.236. The Morgan fingerprint density at radius 3 is 2.75 bits per heavy atom. The van der Waals surface area contributed by atoms with Crippen LogP contribution < -0.4 is 5.32 Å². The Labute approximate surface area is 134 Å². The Morgan fingerprint density at radius 2 is 2.20 bits per heavy atom. The molecule has 1 aliphatic carbocycles. The molecule has 1 aliphatic rings. The van der Waals surface area contributed by atoms with Crippen LogP contribution in [0.2, 0.25) is 5.02 Å². The molecule has 112 valence electrons. The zero-order valence-electron chi connectivity index (χ0n) is 11.8. The molecule has 0 spiro atoms. The molecule has 1 aromatic rings. The van der Waals surface area contributed by atoms with Crippen molar-refractivity contribution < 1.29 is 5.11 Å². The van der Waals surface area contributed by atoms with E-state index < -0.39 is 0 Å². The van der Waals surface area contributed by atoms with Crippen molar-refractivity contribution in [2.24, 2.45) is 0 Å². The summed E-state index contributed by atoms with van der Waals surface area (Å²) < 4.78 is 1.00. The molecule has 0 amide bonds. The SMILES string of the molecule is CNC(CCN(CCO)C1CC1)c1ccc(Br)cc1Cl. The maximum atomic E-state index is 9.14. The summed E-state index contributed by atoms with van der Waals surface area (Å²) >= 11 is 9.77. The van der Waals surface area contributed by atoms with Gasteiger partial charge in [0.1, 0.15) is 0 Å². The van der Waals surface area contributed by atoms with Crippen molar-refractivity contribution in [1.29, 1.82) is 0 Å². The van der Waals surface area contributed by atoms with E-state index in [-0.39, 0.29) is 12.6 Å². The van der Waals surface area contributed by atoms with Crippen LogP contribution in [0.15, 0.2) is 22.7 Å². The lowest BCUT2D eigenvalue weighted by Gasteiger charge is -2.25. The molecule has 1 aromatic carbocycles. The minimum Gasteiger partial charge on any atom is -0.395 e. The summed E-state index contributed by atoms with van der Waals surface area (Å²) in [5.74, 6) is 0. The monoisotopic (exact) mass is 360 g/mol. The van der Waals surface area contributed by atoms with Gasteiger partial charge in [0.2, 0.25) is 0 Å². The molecule has 0 aromatic heterocycles. The van der Waals surface area contributed by atoms with E-state index >= 15 is 0 Å². The third kappa shape index (κ3) is 4.43. The maximum absolute atomic E-state index is 9.14. The van der Waals surface area contributed by atoms with Crippen molar-refractivity contribution in [3.8, 4) is 0 Å². The van der Waals surface area contributed by atoms with Crippen molar-refractivity contribution in [3.05, 3.63) is 33.3 Å². The van der Waals surface area contributed by atoms with Crippen LogP contribution in [0.4, 0.5) is 0 Å². The highest BCUT2D eigenvalue weighted by molar-refractivity contribution is 9.10. The van der Waals surface area contributed by atoms with E-state index in [0.717, 1.165) is 34.6 Å². The second-order valence-corrected chi connectivity index (χ2v) is 6.61. The van der Waals surface area contributed by atoms with Crippen molar-refractivity contribution in [2.45, 2.75) is 31.3 Å². The van der Waals surface area contributed by atoms with Crippen LogP contribution in [-0.4, -0.2) is 42.8 Å². The molecule has 2 rings (SSSR count). The fourth-order valence-electron chi connectivity index (χ4n) is 2.58. The fourth-order valence-corrected chi connectivity index (χ4v) is 3.38. The highest BCUT2D eigenvalue weighted by Gasteiger charge is 2.28. The fraction of sp³-hybridized carbons (Fsp3) is 0.600. The van der Waals surface area contributed by atoms with Crippen LogP contribution in [0.3, 0.4) is 0 Å². The Kier molecular flexibility index (Phi) is 6.30. The molecule has 1 unspecified atom stereocenters. The molecule has 1 atom stereocenters. The summed E-state index contributed by atoms with van der Waals surface area (Å²) in [7, 11) is 1.97. The van der Waals surface area contributed by atoms with Crippen LogP contribution in [0.1, 0.15) is 30.9 Å². The zero-order valence-corrected chi connectivity index (χ0v) is 14.1. The van der Waals surface area contributed by atoms with Crippen LogP contribution in [0.25, 0.3) is 0 Å². The molecule has 0 saturated heterocycles. The quantitative estimate of drug-likeness (QED) is 0.746. The van der Waals surface area contributed by atoms with Gasteiger partial charge in [0.15, 0.2) is 0 Å². The second-order valence-electron chi connectivity index (χ2n) is 5.29. The Bertz CT molecular complexity index is 440. The Hall–Kier alpha value is -0.130. The van der Waals surface area contributed by atoms with Gasteiger partial charge in [0, 0.05) is 34.7 Å². The number of nitrogens with zero attached hydrogens (tertiary/aromatic N) is 1. The zero-order chi connectivity index (χ0) is 14.5. The third-order valence-electron chi connectivity index (χ3n) is 3.84. The molecule has 3 nitrogen and oxygen atoms in total. The summed E-state index contributed by atoms with van der Waals surface area (Å²) in [6.07, 6.45) is 3.53. The van der Waals surface area contributed by atoms with Crippen LogP contribution in [0.5, 0.6) is 0 Å². The van der Waals surface area contributed by atoms with Gasteiger partial charge < -0.3 is 10.4 Å². The van der Waals surface area contributed by atoms with Crippen molar-refractivity contribution in [3.63, 3.8) is 0 Å². The van der Waals surface area contributed by atoms with Gasteiger partial charge in [-0.25, -0.2) is 0 Å². The Morgan fingerprint density at radius 1 is 1.45 bits per heavy atom. The predicted octanol–water partition coefficient (Wildman–Crippen LogP) is 3.21. The summed E-state index contributed by atoms with van der Waals surface area (Å²) in [4.78, 5) is 2.39. The standard InChI is InChI=1S/C15H22BrClN2O/c1-18-15(13-5-2-11(16)10-14(13)17)6-7-19(8-9-20)12-3-4-12/h2,5,10,12,15,18,20H,3-4,6-9H2,1H3. The largest absolute Gasteiger partial charge is 0.395 e. The number of benzene rings is 1. The number of hydrogen-bond acceptors (Lipinski definition) is 3. The summed E-state index contributed by atoms with van der Waals surface area (Å²) in [6, 6.07) is 6.96. The predicted molar refractivity (Wildman–Crippen MR) is 87.3 cm³/mol. The van der Waals surface area contributed by atoms with Crippen molar-refractivity contribution >= 4 is 27.5 Å². The van der Waals surface area contributed by atoms with Crippen LogP contribution >= 0.6 is 27.5 Å². The van der Waals surface area contributed by atoms with Crippen LogP contribution in [-0.2, 0) is 0 Å². The first kappa shape index (κ1) is 16.2. The Balaban J connectivity index is 1.97. The molecule has 0 radical (unpaired) electrons. The van der Waals surface area contributed by atoms with Gasteiger partial charge in [-0.3, -0.25) is 4.90 Å². The normalized spacial score (nSPS) is 16.6. The van der Waals surface area contributed by atoms with Crippen molar-refractivity contribution in [1.82, 2.24) is 10.2 Å². The molecule has 20 heavy (non-hydrogen) atoms. The van der Waals surface area contributed by atoms with E-state index in [9.17, 15) is 0 Å². The van der Waals surface area contributed by atoms with E-state index in [1.54, 1.807) is 0 Å². The number of halogens is 2. The third-order valence-corrected chi connectivity index (χ3v) is 4.66. The molecule has 0 bridgehead atoms. The summed E-state index contributed by atoms with van der Waals surface area (Å²) in [5, 5.41) is 13.3. The molecule has 1 saturated carbocycles. The van der Waals surface area contributed by atoms with Gasteiger partial charge in [-0.1, -0.05) is 33.6 Å². The van der Waals surface area contributed by atoms with Gasteiger partial charge >= 0.3 is 0 Å². The highest BCUT2D eigenvalue weighted by Crippen LogP contribution is 2.30. The number of nitrogens with one attached hydrogen (secondary N) is 1. The lowest BCUT2D eigenvalue weighted by Crippen LogP contribution is -2.32. The van der Waals surface area contributed by atoms with Gasteiger partial charge in [0.05, 0.1) is 6.61 Å². The van der Waals surface area contributed by atoms with Crippen LogP contribution in [0, 0.1) is 0 Å². The van der Waals surface area contributed by atoms with E-state index in [2.05, 4.69) is 32.2 Å². The molecule has 5 heteroatoms. The topological polar surface area (TPSA) is 35.5 Å². The number of rotatable bonds is 8.